The van der Waals surface area contributed by atoms with E-state index in [1.807, 2.05) is 26.0 Å². The molecule has 3 aromatic rings. The van der Waals surface area contributed by atoms with E-state index in [9.17, 15) is 9.59 Å². The van der Waals surface area contributed by atoms with E-state index >= 15 is 0 Å². The number of imidazole rings is 1. The van der Waals surface area contributed by atoms with Crippen LogP contribution in [0.5, 0.6) is 0 Å². The summed E-state index contributed by atoms with van der Waals surface area (Å²) in [6.45, 7) is 8.54. The molecule has 0 N–H and O–H groups in total. The van der Waals surface area contributed by atoms with Crippen molar-refractivity contribution >= 4 is 17.0 Å². The molecule has 1 heterocycles. The van der Waals surface area contributed by atoms with Crippen LogP contribution in [-0.4, -0.2) is 22.2 Å². The smallest absolute Gasteiger partial charge is 0.337 e. The molecular weight excluding hydrogens is 328 g/mol. The predicted molar refractivity (Wildman–Crippen MR) is 103 cm³/mol. The van der Waals surface area contributed by atoms with Crippen molar-refractivity contribution in [2.24, 2.45) is 0 Å². The van der Waals surface area contributed by atoms with Gasteiger partial charge in [0.05, 0.1) is 30.3 Å². The van der Waals surface area contributed by atoms with Gasteiger partial charge in [-0.2, -0.15) is 0 Å². The molecule has 0 unspecified atom stereocenters. The summed E-state index contributed by atoms with van der Waals surface area (Å²) >= 11 is 0. The molecule has 0 radical (unpaired) electrons. The molecule has 5 heteroatoms. The lowest BCUT2D eigenvalue weighted by molar-refractivity contribution is 0.0601. The normalized spacial score (nSPS) is 11.3. The molecule has 2 aromatic carbocycles. The van der Waals surface area contributed by atoms with Crippen molar-refractivity contribution in [3.05, 3.63) is 69.1 Å². The highest BCUT2D eigenvalue weighted by Gasteiger charge is 2.18. The Kier molecular flexibility index (Phi) is 4.72. The van der Waals surface area contributed by atoms with Crippen LogP contribution in [0.25, 0.3) is 11.0 Å². The van der Waals surface area contributed by atoms with E-state index in [4.69, 9.17) is 4.74 Å². The van der Waals surface area contributed by atoms with Crippen LogP contribution in [-0.2, 0) is 11.3 Å². The number of hydrogen-bond donors (Lipinski definition) is 0. The van der Waals surface area contributed by atoms with Crippen molar-refractivity contribution in [3.63, 3.8) is 0 Å². The number of aryl methyl sites for hydroxylation is 2. The maximum Gasteiger partial charge on any atom is 0.337 e. The molecule has 5 nitrogen and oxygen atoms in total. The first-order valence-electron chi connectivity index (χ1n) is 8.73. The molecule has 0 atom stereocenters. The second kappa shape index (κ2) is 6.83. The monoisotopic (exact) mass is 352 g/mol. The van der Waals surface area contributed by atoms with E-state index < -0.39 is 5.97 Å². The van der Waals surface area contributed by atoms with Gasteiger partial charge in [0.2, 0.25) is 0 Å². The third kappa shape index (κ3) is 2.94. The lowest BCUT2D eigenvalue weighted by Crippen LogP contribution is -2.26. The van der Waals surface area contributed by atoms with Gasteiger partial charge >= 0.3 is 11.7 Å². The Morgan fingerprint density at radius 3 is 2.31 bits per heavy atom. The molecule has 0 saturated heterocycles. The SMILES string of the molecule is COC(=O)c1ccc2c(c1)n(Cc1c(C)cccc1C)c(=O)n2C(C)C. The Balaban J connectivity index is 2.27. The van der Waals surface area contributed by atoms with Crippen molar-refractivity contribution in [1.29, 1.82) is 0 Å². The van der Waals surface area contributed by atoms with Crippen LogP contribution in [0.1, 0.15) is 46.9 Å². The van der Waals surface area contributed by atoms with Crippen molar-refractivity contribution in [1.82, 2.24) is 9.13 Å². The van der Waals surface area contributed by atoms with Crippen molar-refractivity contribution in [2.75, 3.05) is 7.11 Å². The summed E-state index contributed by atoms with van der Waals surface area (Å²) < 4.78 is 8.35. The summed E-state index contributed by atoms with van der Waals surface area (Å²) in [6.07, 6.45) is 0. The van der Waals surface area contributed by atoms with Gasteiger partial charge in [0.15, 0.2) is 0 Å². The summed E-state index contributed by atoms with van der Waals surface area (Å²) in [7, 11) is 1.36. The Bertz CT molecular complexity index is 1020. The third-order valence-corrected chi connectivity index (χ3v) is 4.86. The Hall–Kier alpha value is -2.82. The highest BCUT2D eigenvalue weighted by atomic mass is 16.5. The van der Waals surface area contributed by atoms with Gasteiger partial charge < -0.3 is 4.74 Å². The van der Waals surface area contributed by atoms with Crippen LogP contribution in [0.15, 0.2) is 41.2 Å². The molecule has 0 aliphatic heterocycles. The number of esters is 1. The average molecular weight is 352 g/mol. The molecule has 0 aliphatic rings. The van der Waals surface area contributed by atoms with Gasteiger partial charge in [0, 0.05) is 6.04 Å². The number of rotatable bonds is 4. The molecule has 0 amide bonds. The third-order valence-electron chi connectivity index (χ3n) is 4.86. The minimum absolute atomic E-state index is 0.0215. The topological polar surface area (TPSA) is 53.2 Å². The first kappa shape index (κ1) is 18.0. The first-order valence-corrected chi connectivity index (χ1v) is 8.73. The zero-order valence-corrected chi connectivity index (χ0v) is 15.9. The lowest BCUT2D eigenvalue weighted by Gasteiger charge is -2.11. The van der Waals surface area contributed by atoms with Gasteiger partial charge in [-0.25, -0.2) is 9.59 Å². The minimum Gasteiger partial charge on any atom is -0.465 e. The molecule has 1 aromatic heterocycles. The number of ether oxygens (including phenoxy) is 1. The van der Waals surface area contributed by atoms with E-state index in [2.05, 4.69) is 26.0 Å². The van der Waals surface area contributed by atoms with E-state index in [1.165, 1.54) is 7.11 Å². The molecule has 3 rings (SSSR count). The highest BCUT2D eigenvalue weighted by Crippen LogP contribution is 2.22. The fourth-order valence-corrected chi connectivity index (χ4v) is 3.43. The van der Waals surface area contributed by atoms with Crippen LogP contribution < -0.4 is 5.69 Å². The molecular formula is C21H24N2O3. The molecule has 0 fully saturated rings. The van der Waals surface area contributed by atoms with Gasteiger partial charge in [-0.1, -0.05) is 18.2 Å². The van der Waals surface area contributed by atoms with Gasteiger partial charge in [-0.3, -0.25) is 9.13 Å². The van der Waals surface area contributed by atoms with Crippen molar-refractivity contribution in [2.45, 2.75) is 40.3 Å². The number of fused-ring (bicyclic) bond motifs is 1. The molecule has 0 spiro atoms. The summed E-state index contributed by atoms with van der Waals surface area (Å²) in [6, 6.07) is 11.4. The minimum atomic E-state index is -0.407. The van der Waals surface area contributed by atoms with Gasteiger partial charge in [0.25, 0.3) is 0 Å². The Morgan fingerprint density at radius 2 is 1.73 bits per heavy atom. The van der Waals surface area contributed by atoms with Crippen molar-refractivity contribution in [3.8, 4) is 0 Å². The standard InChI is InChI=1S/C21H24N2O3/c1-13(2)23-18-10-9-16(20(24)26-5)11-19(18)22(21(23)25)12-17-14(3)7-6-8-15(17)4/h6-11,13H,12H2,1-5H3. The second-order valence-corrected chi connectivity index (χ2v) is 6.90. The van der Waals surface area contributed by atoms with E-state index in [0.29, 0.717) is 12.1 Å². The fraction of sp³-hybridized carbons (Fsp3) is 0.333. The summed E-state index contributed by atoms with van der Waals surface area (Å²) in [4.78, 5) is 25.1. The van der Waals surface area contributed by atoms with Gasteiger partial charge in [-0.05, 0) is 62.6 Å². The lowest BCUT2D eigenvalue weighted by atomic mass is 10.0. The molecule has 0 saturated carbocycles. The number of methoxy groups -OCH3 is 1. The summed E-state index contributed by atoms with van der Waals surface area (Å²) in [5.41, 5.74) is 5.35. The number of nitrogens with zero attached hydrogens (tertiary/aromatic N) is 2. The predicted octanol–water partition coefficient (Wildman–Crippen LogP) is 3.84. The van der Waals surface area contributed by atoms with Crippen LogP contribution in [0.4, 0.5) is 0 Å². The van der Waals surface area contributed by atoms with Crippen LogP contribution in [0, 0.1) is 13.8 Å². The maximum atomic E-state index is 13.1. The molecule has 0 aliphatic carbocycles. The molecule has 136 valence electrons. The van der Waals surface area contributed by atoms with Crippen molar-refractivity contribution < 1.29 is 9.53 Å². The molecule has 0 bridgehead atoms. The van der Waals surface area contributed by atoms with Crippen LogP contribution in [0.2, 0.25) is 0 Å². The van der Waals surface area contributed by atoms with E-state index in [1.54, 1.807) is 21.3 Å². The number of aromatic nitrogens is 2. The Morgan fingerprint density at radius 1 is 1.08 bits per heavy atom. The first-order chi connectivity index (χ1) is 12.3. The summed E-state index contributed by atoms with van der Waals surface area (Å²) in [5, 5.41) is 0. The van der Waals surface area contributed by atoms with Crippen LogP contribution >= 0.6 is 0 Å². The van der Waals surface area contributed by atoms with E-state index in [-0.39, 0.29) is 11.7 Å². The quantitative estimate of drug-likeness (QED) is 0.671. The van der Waals surface area contributed by atoms with E-state index in [0.717, 1.165) is 27.7 Å². The van der Waals surface area contributed by atoms with Crippen LogP contribution in [0.3, 0.4) is 0 Å². The number of carbonyl (C=O) groups excluding carboxylic acids is 1. The van der Waals surface area contributed by atoms with Gasteiger partial charge in [0.1, 0.15) is 0 Å². The largest absolute Gasteiger partial charge is 0.465 e. The fourth-order valence-electron chi connectivity index (χ4n) is 3.43. The average Bonchev–Trinajstić information content (AvgIpc) is 2.88. The Labute approximate surface area is 152 Å². The summed E-state index contributed by atoms with van der Waals surface area (Å²) in [5.74, 6) is -0.407. The maximum absolute atomic E-state index is 13.1. The number of carbonyl (C=O) groups is 1. The van der Waals surface area contributed by atoms with Gasteiger partial charge in [-0.15, -0.1) is 0 Å². The number of hydrogen-bond acceptors (Lipinski definition) is 3. The second-order valence-electron chi connectivity index (χ2n) is 6.90. The number of benzene rings is 2. The zero-order chi connectivity index (χ0) is 19.0. The molecule has 26 heavy (non-hydrogen) atoms. The zero-order valence-electron chi connectivity index (χ0n) is 15.9. The highest BCUT2D eigenvalue weighted by molar-refractivity contribution is 5.93.